The summed E-state index contributed by atoms with van der Waals surface area (Å²) in [6.07, 6.45) is 0. The zero-order chi connectivity index (χ0) is 13.0. The Balaban J connectivity index is 3.17. The fourth-order valence-corrected chi connectivity index (χ4v) is 2.10. The number of halogens is 1. The van der Waals surface area contributed by atoms with Crippen molar-refractivity contribution in [2.45, 2.75) is 20.8 Å². The molecule has 0 saturated carbocycles. The van der Waals surface area contributed by atoms with Crippen molar-refractivity contribution in [3.63, 3.8) is 0 Å². The highest BCUT2D eigenvalue weighted by Gasteiger charge is 2.16. The van der Waals surface area contributed by atoms with Crippen LogP contribution in [0.25, 0.3) is 0 Å². The van der Waals surface area contributed by atoms with E-state index in [4.69, 9.17) is 16.3 Å². The molecule has 0 atom stereocenters. The van der Waals surface area contributed by atoms with Crippen molar-refractivity contribution in [1.29, 1.82) is 0 Å². The molecule has 0 bridgehead atoms. The van der Waals surface area contributed by atoms with Crippen LogP contribution >= 0.6 is 11.6 Å². The molecule has 3 nitrogen and oxygen atoms in total. The number of nitrogens with one attached hydrogen (secondary N) is 2. The molecule has 0 radical (unpaired) electrons. The molecule has 17 heavy (non-hydrogen) atoms. The van der Waals surface area contributed by atoms with E-state index in [-0.39, 0.29) is 0 Å². The van der Waals surface area contributed by atoms with Gasteiger partial charge in [-0.3, -0.25) is 0 Å². The first-order valence-electron chi connectivity index (χ1n) is 5.76. The second kappa shape index (κ2) is 6.12. The van der Waals surface area contributed by atoms with Crippen LogP contribution in [0.5, 0.6) is 5.75 Å². The van der Waals surface area contributed by atoms with E-state index in [0.29, 0.717) is 0 Å². The van der Waals surface area contributed by atoms with E-state index >= 15 is 0 Å². The molecule has 0 aliphatic rings. The minimum absolute atomic E-state index is 0.815. The predicted octanol–water partition coefficient (Wildman–Crippen LogP) is 2.91. The molecular weight excluding hydrogens is 236 g/mol. The van der Waals surface area contributed by atoms with E-state index in [9.17, 15) is 0 Å². The van der Waals surface area contributed by atoms with E-state index in [2.05, 4.69) is 10.6 Å². The van der Waals surface area contributed by atoms with Crippen LogP contribution in [-0.2, 0) is 0 Å². The van der Waals surface area contributed by atoms with Crippen molar-refractivity contribution in [2.24, 2.45) is 0 Å². The summed E-state index contributed by atoms with van der Waals surface area (Å²) in [5.74, 6) is 0.889. The summed E-state index contributed by atoms with van der Waals surface area (Å²) < 4.78 is 5.48. The number of hydrogen-bond donors (Lipinski definition) is 2. The molecule has 96 valence electrons. The van der Waals surface area contributed by atoms with Crippen LogP contribution in [0, 0.1) is 20.8 Å². The molecule has 4 heteroatoms. The van der Waals surface area contributed by atoms with E-state index in [1.807, 2.05) is 27.8 Å². The van der Waals surface area contributed by atoms with Gasteiger partial charge in [-0.2, -0.15) is 0 Å². The summed E-state index contributed by atoms with van der Waals surface area (Å²) in [4.78, 5) is 0. The van der Waals surface area contributed by atoms with Gasteiger partial charge in [0.15, 0.2) is 0 Å². The third-order valence-electron chi connectivity index (χ3n) is 3.04. The number of anilines is 1. The van der Waals surface area contributed by atoms with Crippen LogP contribution in [0.4, 0.5) is 5.69 Å². The van der Waals surface area contributed by atoms with Crippen molar-refractivity contribution in [3.05, 3.63) is 21.7 Å². The van der Waals surface area contributed by atoms with Crippen LogP contribution in [0.2, 0.25) is 5.02 Å². The van der Waals surface area contributed by atoms with Gasteiger partial charge < -0.3 is 15.4 Å². The van der Waals surface area contributed by atoms with Gasteiger partial charge in [0.05, 0.1) is 12.8 Å². The van der Waals surface area contributed by atoms with Crippen LogP contribution in [-0.4, -0.2) is 27.2 Å². The monoisotopic (exact) mass is 256 g/mol. The number of rotatable bonds is 5. The fraction of sp³-hybridized carbons (Fsp3) is 0.538. The largest absolute Gasteiger partial charge is 0.494 e. The SMILES string of the molecule is CNCCNc1c(C)c(Cl)c(C)c(C)c1OC. The molecule has 1 rings (SSSR count). The molecule has 0 heterocycles. The number of likely N-dealkylation sites (N-methyl/N-ethyl adjacent to an activating group) is 1. The number of benzene rings is 1. The number of ether oxygens (including phenoxy) is 1. The standard InChI is InChI=1S/C13H21ClN2O/c1-8-9(2)13(17-5)12(10(3)11(8)14)16-7-6-15-4/h15-16H,6-7H2,1-5H3. The van der Waals surface area contributed by atoms with Crippen LogP contribution < -0.4 is 15.4 Å². The van der Waals surface area contributed by atoms with E-state index < -0.39 is 0 Å². The van der Waals surface area contributed by atoms with E-state index in [1.54, 1.807) is 7.11 Å². The summed E-state index contributed by atoms with van der Waals surface area (Å²) in [5, 5.41) is 7.28. The summed E-state index contributed by atoms with van der Waals surface area (Å²) in [6, 6.07) is 0. The highest BCUT2D eigenvalue weighted by Crippen LogP contribution is 2.39. The Morgan fingerprint density at radius 2 is 1.71 bits per heavy atom. The molecule has 2 N–H and O–H groups in total. The quantitative estimate of drug-likeness (QED) is 0.795. The lowest BCUT2D eigenvalue weighted by Crippen LogP contribution is -2.18. The Kier molecular flexibility index (Phi) is 5.09. The minimum Gasteiger partial charge on any atom is -0.494 e. The summed E-state index contributed by atoms with van der Waals surface area (Å²) in [7, 11) is 3.62. The first-order chi connectivity index (χ1) is 8.04. The van der Waals surface area contributed by atoms with Gasteiger partial charge in [0.25, 0.3) is 0 Å². The normalized spacial score (nSPS) is 10.5. The topological polar surface area (TPSA) is 33.3 Å². The van der Waals surface area contributed by atoms with Gasteiger partial charge >= 0.3 is 0 Å². The van der Waals surface area contributed by atoms with Gasteiger partial charge in [-0.1, -0.05) is 11.6 Å². The maximum absolute atomic E-state index is 6.32. The van der Waals surface area contributed by atoms with Gasteiger partial charge in [-0.15, -0.1) is 0 Å². The van der Waals surface area contributed by atoms with Gasteiger partial charge in [-0.25, -0.2) is 0 Å². The Labute approximate surface area is 109 Å². The highest BCUT2D eigenvalue weighted by atomic mass is 35.5. The molecule has 1 aromatic rings. The second-order valence-electron chi connectivity index (χ2n) is 4.13. The molecule has 0 aromatic heterocycles. The zero-order valence-corrected chi connectivity index (χ0v) is 12.0. The Bertz CT molecular complexity index is 405. The lowest BCUT2D eigenvalue weighted by Gasteiger charge is -2.19. The predicted molar refractivity (Wildman–Crippen MR) is 74.6 cm³/mol. The van der Waals surface area contributed by atoms with Crippen molar-refractivity contribution in [2.75, 3.05) is 32.6 Å². The first kappa shape index (κ1) is 14.1. The Morgan fingerprint density at radius 1 is 1.06 bits per heavy atom. The molecule has 0 amide bonds. The number of hydrogen-bond acceptors (Lipinski definition) is 3. The lowest BCUT2D eigenvalue weighted by atomic mass is 10.0. The fourth-order valence-electron chi connectivity index (χ4n) is 1.86. The summed E-state index contributed by atoms with van der Waals surface area (Å²) >= 11 is 6.32. The van der Waals surface area contributed by atoms with Crippen molar-refractivity contribution < 1.29 is 4.74 Å². The van der Waals surface area contributed by atoms with Gasteiger partial charge in [0, 0.05) is 18.1 Å². The minimum atomic E-state index is 0.815. The van der Waals surface area contributed by atoms with Crippen molar-refractivity contribution in [3.8, 4) is 5.75 Å². The van der Waals surface area contributed by atoms with Crippen molar-refractivity contribution in [1.82, 2.24) is 5.32 Å². The molecular formula is C13H21ClN2O. The van der Waals surface area contributed by atoms with Crippen molar-refractivity contribution >= 4 is 17.3 Å². The van der Waals surface area contributed by atoms with Gasteiger partial charge in [0.1, 0.15) is 5.75 Å². The zero-order valence-electron chi connectivity index (χ0n) is 11.2. The summed E-state index contributed by atoms with van der Waals surface area (Å²) in [6.45, 7) is 7.80. The average molecular weight is 257 g/mol. The molecule has 1 aromatic carbocycles. The molecule has 0 unspecified atom stereocenters. The average Bonchev–Trinajstić information content (AvgIpc) is 2.33. The van der Waals surface area contributed by atoms with Gasteiger partial charge in [0.2, 0.25) is 0 Å². The maximum atomic E-state index is 6.32. The van der Waals surface area contributed by atoms with E-state index in [0.717, 1.165) is 46.2 Å². The second-order valence-corrected chi connectivity index (χ2v) is 4.51. The smallest absolute Gasteiger partial charge is 0.145 e. The number of methoxy groups -OCH3 is 1. The first-order valence-corrected chi connectivity index (χ1v) is 6.14. The van der Waals surface area contributed by atoms with Crippen LogP contribution in [0.15, 0.2) is 0 Å². The molecule has 0 aliphatic heterocycles. The maximum Gasteiger partial charge on any atom is 0.145 e. The van der Waals surface area contributed by atoms with Crippen LogP contribution in [0.3, 0.4) is 0 Å². The molecule has 0 spiro atoms. The third kappa shape index (κ3) is 2.85. The van der Waals surface area contributed by atoms with Gasteiger partial charge in [-0.05, 0) is 44.5 Å². The van der Waals surface area contributed by atoms with Crippen LogP contribution in [0.1, 0.15) is 16.7 Å². The summed E-state index contributed by atoms with van der Waals surface area (Å²) in [5.41, 5.74) is 4.22. The third-order valence-corrected chi connectivity index (χ3v) is 3.61. The molecule has 0 aliphatic carbocycles. The Hall–Kier alpha value is -0.930. The molecule has 0 saturated heterocycles. The lowest BCUT2D eigenvalue weighted by molar-refractivity contribution is 0.412. The van der Waals surface area contributed by atoms with E-state index in [1.165, 1.54) is 0 Å². The Morgan fingerprint density at radius 3 is 2.24 bits per heavy atom. The molecule has 0 fully saturated rings. The highest BCUT2D eigenvalue weighted by molar-refractivity contribution is 6.32.